The molecule has 6 heteroatoms. The molecule has 21 heavy (non-hydrogen) atoms. The summed E-state index contributed by atoms with van der Waals surface area (Å²) in [6.45, 7) is 6.55. The van der Waals surface area contributed by atoms with Gasteiger partial charge in [0.05, 0.1) is 12.0 Å². The van der Waals surface area contributed by atoms with E-state index < -0.39 is 10.0 Å². The lowest BCUT2D eigenvalue weighted by Crippen LogP contribution is -2.48. The van der Waals surface area contributed by atoms with Crippen molar-refractivity contribution in [2.75, 3.05) is 20.2 Å². The smallest absolute Gasteiger partial charge is 0.243 e. The number of ether oxygens (including phenoxy) is 1. The van der Waals surface area contributed by atoms with Crippen LogP contribution in [0.2, 0.25) is 0 Å². The van der Waals surface area contributed by atoms with Crippen LogP contribution in [-0.2, 0) is 10.0 Å². The number of hydrogen-bond acceptors (Lipinski definition) is 4. The number of sulfonamides is 1. The summed E-state index contributed by atoms with van der Waals surface area (Å²) >= 11 is 0. The minimum atomic E-state index is -3.52. The van der Waals surface area contributed by atoms with Crippen LogP contribution in [0.15, 0.2) is 17.0 Å². The van der Waals surface area contributed by atoms with E-state index in [4.69, 9.17) is 10.5 Å². The highest BCUT2D eigenvalue weighted by Gasteiger charge is 2.33. The first-order valence-electron chi connectivity index (χ1n) is 7.16. The molecule has 5 nitrogen and oxygen atoms in total. The molecular formula is C15H24N2O3S. The highest BCUT2D eigenvalue weighted by Crippen LogP contribution is 2.30. The predicted octanol–water partition coefficient (Wildman–Crippen LogP) is 1.67. The molecule has 2 atom stereocenters. The Hall–Kier alpha value is -1.11. The lowest BCUT2D eigenvalue weighted by molar-refractivity contribution is 0.254. The topological polar surface area (TPSA) is 72.6 Å². The molecule has 0 radical (unpaired) electrons. The maximum Gasteiger partial charge on any atom is 0.243 e. The molecule has 118 valence electrons. The fourth-order valence-electron chi connectivity index (χ4n) is 3.11. The van der Waals surface area contributed by atoms with Crippen molar-refractivity contribution >= 4 is 10.0 Å². The van der Waals surface area contributed by atoms with Crippen molar-refractivity contribution in [3.8, 4) is 5.75 Å². The van der Waals surface area contributed by atoms with Crippen molar-refractivity contribution in [2.24, 2.45) is 11.7 Å². The Morgan fingerprint density at radius 1 is 1.24 bits per heavy atom. The number of rotatable bonds is 3. The van der Waals surface area contributed by atoms with Gasteiger partial charge in [0.2, 0.25) is 10.0 Å². The Labute approximate surface area is 127 Å². The van der Waals surface area contributed by atoms with Gasteiger partial charge in [-0.05, 0) is 49.4 Å². The standard InChI is InChI=1S/C15H24N2O3S/c1-10-5-13(16)9-17(8-10)21(18,19)15-11(2)6-14(20-4)7-12(15)3/h6-7,10,13H,5,8-9,16H2,1-4H3. The van der Waals surface area contributed by atoms with Gasteiger partial charge in [-0.3, -0.25) is 0 Å². The van der Waals surface area contributed by atoms with Gasteiger partial charge in [-0.15, -0.1) is 0 Å². The van der Waals surface area contributed by atoms with Gasteiger partial charge in [0.25, 0.3) is 0 Å². The first kappa shape index (κ1) is 16.3. The minimum absolute atomic E-state index is 0.0950. The summed E-state index contributed by atoms with van der Waals surface area (Å²) in [4.78, 5) is 0.379. The molecule has 0 spiro atoms. The Morgan fingerprint density at radius 3 is 2.29 bits per heavy atom. The largest absolute Gasteiger partial charge is 0.497 e. The Kier molecular flexibility index (Phi) is 4.60. The van der Waals surface area contributed by atoms with Crippen LogP contribution >= 0.6 is 0 Å². The van der Waals surface area contributed by atoms with Crippen molar-refractivity contribution < 1.29 is 13.2 Å². The van der Waals surface area contributed by atoms with Gasteiger partial charge in [0.1, 0.15) is 5.75 Å². The summed E-state index contributed by atoms with van der Waals surface area (Å²) in [5.41, 5.74) is 7.40. The number of nitrogens with two attached hydrogens (primary N) is 1. The van der Waals surface area contributed by atoms with Crippen LogP contribution in [0, 0.1) is 19.8 Å². The van der Waals surface area contributed by atoms with Crippen LogP contribution in [0.5, 0.6) is 5.75 Å². The van der Waals surface area contributed by atoms with E-state index in [0.717, 1.165) is 6.42 Å². The summed E-state index contributed by atoms with van der Waals surface area (Å²) < 4.78 is 32.6. The summed E-state index contributed by atoms with van der Waals surface area (Å²) in [6, 6.07) is 3.42. The molecule has 1 heterocycles. The fraction of sp³-hybridized carbons (Fsp3) is 0.600. The molecule has 2 rings (SSSR count). The van der Waals surface area contributed by atoms with Crippen molar-refractivity contribution in [1.29, 1.82) is 0 Å². The van der Waals surface area contributed by atoms with E-state index in [0.29, 0.717) is 34.9 Å². The third kappa shape index (κ3) is 3.22. The molecule has 0 amide bonds. The molecule has 1 fully saturated rings. The Balaban J connectivity index is 2.44. The number of hydrogen-bond donors (Lipinski definition) is 1. The molecule has 0 aromatic heterocycles. The average Bonchev–Trinajstić information content (AvgIpc) is 2.36. The van der Waals surface area contributed by atoms with Gasteiger partial charge in [0, 0.05) is 19.1 Å². The number of aryl methyl sites for hydroxylation is 2. The Morgan fingerprint density at radius 2 is 1.81 bits per heavy atom. The fourth-order valence-corrected chi connectivity index (χ4v) is 5.14. The van der Waals surface area contributed by atoms with Crippen LogP contribution in [0.4, 0.5) is 0 Å². The van der Waals surface area contributed by atoms with Crippen LogP contribution in [0.3, 0.4) is 0 Å². The van der Waals surface area contributed by atoms with Gasteiger partial charge in [0.15, 0.2) is 0 Å². The van der Waals surface area contributed by atoms with Crippen LogP contribution < -0.4 is 10.5 Å². The highest BCUT2D eigenvalue weighted by atomic mass is 32.2. The highest BCUT2D eigenvalue weighted by molar-refractivity contribution is 7.89. The maximum absolute atomic E-state index is 12.9. The van der Waals surface area contributed by atoms with E-state index in [1.54, 1.807) is 33.1 Å². The molecule has 1 saturated heterocycles. The molecule has 0 saturated carbocycles. The summed E-state index contributed by atoms with van der Waals surface area (Å²) in [5, 5.41) is 0. The van der Waals surface area contributed by atoms with Gasteiger partial charge < -0.3 is 10.5 Å². The predicted molar refractivity (Wildman–Crippen MR) is 83.0 cm³/mol. The van der Waals surface area contributed by atoms with Gasteiger partial charge >= 0.3 is 0 Å². The van der Waals surface area contributed by atoms with E-state index in [1.807, 2.05) is 6.92 Å². The normalized spacial score (nSPS) is 24.0. The molecule has 0 bridgehead atoms. The van der Waals surface area contributed by atoms with Crippen LogP contribution in [0.1, 0.15) is 24.5 Å². The van der Waals surface area contributed by atoms with Crippen molar-refractivity contribution in [2.45, 2.75) is 38.1 Å². The van der Waals surface area contributed by atoms with Crippen LogP contribution in [-0.4, -0.2) is 39.0 Å². The SMILES string of the molecule is COc1cc(C)c(S(=O)(=O)N2CC(C)CC(N)C2)c(C)c1. The lowest BCUT2D eigenvalue weighted by atomic mass is 9.99. The Bertz CT molecular complexity index is 595. The quantitative estimate of drug-likeness (QED) is 0.921. The average molecular weight is 312 g/mol. The van der Waals surface area contributed by atoms with E-state index in [9.17, 15) is 8.42 Å². The minimum Gasteiger partial charge on any atom is -0.497 e. The number of nitrogens with zero attached hydrogens (tertiary/aromatic N) is 1. The zero-order valence-electron chi connectivity index (χ0n) is 13.1. The summed E-state index contributed by atoms with van der Waals surface area (Å²) in [6.07, 6.45) is 0.868. The molecule has 1 aromatic carbocycles. The van der Waals surface area contributed by atoms with Crippen LogP contribution in [0.25, 0.3) is 0 Å². The zero-order chi connectivity index (χ0) is 15.8. The van der Waals surface area contributed by atoms with Crippen molar-refractivity contribution in [3.05, 3.63) is 23.3 Å². The van der Waals surface area contributed by atoms with Gasteiger partial charge in [-0.25, -0.2) is 8.42 Å². The molecule has 2 unspecified atom stereocenters. The third-order valence-corrected chi connectivity index (χ3v) is 6.06. The number of piperidine rings is 1. The zero-order valence-corrected chi connectivity index (χ0v) is 13.9. The monoisotopic (exact) mass is 312 g/mol. The van der Waals surface area contributed by atoms with Crippen molar-refractivity contribution in [3.63, 3.8) is 0 Å². The van der Waals surface area contributed by atoms with E-state index in [1.165, 1.54) is 4.31 Å². The second-order valence-electron chi connectivity index (χ2n) is 6.01. The molecule has 0 aliphatic carbocycles. The number of methoxy groups -OCH3 is 1. The molecule has 1 aliphatic heterocycles. The maximum atomic E-state index is 12.9. The van der Waals surface area contributed by atoms with Crippen molar-refractivity contribution in [1.82, 2.24) is 4.31 Å². The first-order chi connectivity index (χ1) is 9.75. The summed E-state index contributed by atoms with van der Waals surface area (Å²) in [7, 11) is -1.94. The van der Waals surface area contributed by atoms with Gasteiger partial charge in [-0.1, -0.05) is 6.92 Å². The molecule has 1 aromatic rings. The van der Waals surface area contributed by atoms with E-state index in [-0.39, 0.29) is 12.0 Å². The lowest BCUT2D eigenvalue weighted by Gasteiger charge is -2.34. The number of benzene rings is 1. The second-order valence-corrected chi connectivity index (χ2v) is 7.89. The first-order valence-corrected chi connectivity index (χ1v) is 8.60. The molecule has 2 N–H and O–H groups in total. The second kappa shape index (κ2) is 5.94. The molecule has 1 aliphatic rings. The molecular weight excluding hydrogens is 288 g/mol. The third-order valence-electron chi connectivity index (χ3n) is 3.93. The van der Waals surface area contributed by atoms with Gasteiger partial charge in [-0.2, -0.15) is 4.31 Å². The summed E-state index contributed by atoms with van der Waals surface area (Å²) in [5.74, 6) is 0.954. The van der Waals surface area contributed by atoms with E-state index >= 15 is 0 Å². The van der Waals surface area contributed by atoms with E-state index in [2.05, 4.69) is 0 Å².